The monoisotopic (exact) mass is 1270 g/mol. The Kier molecular flexibility index (Phi) is 28.1. The van der Waals surface area contributed by atoms with Gasteiger partial charge in [0.25, 0.3) is 11.1 Å². The van der Waals surface area contributed by atoms with Gasteiger partial charge in [-0.15, -0.1) is 0 Å². The first-order valence-corrected chi connectivity index (χ1v) is 32.8. The molecule has 496 valence electrons. The number of rotatable bonds is 36. The number of ether oxygens (including phenoxy) is 2. The average molecular weight is 1270 g/mol. The zero-order chi connectivity index (χ0) is 65.8. The second-order valence-electron chi connectivity index (χ2n) is 24.3. The van der Waals surface area contributed by atoms with E-state index in [1.807, 2.05) is 105 Å². The average Bonchev–Trinajstić information content (AvgIpc) is 1.55. The largest absolute Gasteiger partial charge is 0.445 e. The highest BCUT2D eigenvalue weighted by atomic mass is 16.6. The van der Waals surface area contributed by atoms with E-state index in [4.69, 9.17) is 9.47 Å². The van der Waals surface area contributed by atoms with Crippen LogP contribution < -0.4 is 43.8 Å². The number of aromatic amines is 1. The van der Waals surface area contributed by atoms with Gasteiger partial charge in [-0.3, -0.25) is 37.4 Å². The normalized spacial score (nSPS) is 12.0. The minimum Gasteiger partial charge on any atom is -0.445 e. The summed E-state index contributed by atoms with van der Waals surface area (Å²) in [5.74, 6) is -0.162. The van der Waals surface area contributed by atoms with Crippen molar-refractivity contribution in [2.24, 2.45) is 34.1 Å². The van der Waals surface area contributed by atoms with E-state index in [-0.39, 0.29) is 53.4 Å². The maximum atomic E-state index is 13.2. The van der Waals surface area contributed by atoms with Gasteiger partial charge in [-0.25, -0.2) is 29.1 Å². The van der Waals surface area contributed by atoms with Crippen molar-refractivity contribution in [1.82, 2.24) is 63.6 Å². The topological polar surface area (TPSA) is 274 Å². The number of nitrogens with one attached hydrogen (secondary N) is 5. The third-order valence-electron chi connectivity index (χ3n) is 16.6. The van der Waals surface area contributed by atoms with Crippen LogP contribution in [0.2, 0.25) is 0 Å². The number of unbranched alkanes of at least 4 members (excludes halogenated alkanes) is 16. The van der Waals surface area contributed by atoms with Crippen LogP contribution in [0, 0.1) is 5.92 Å². The first-order valence-electron chi connectivity index (χ1n) is 32.8. The van der Waals surface area contributed by atoms with Crippen LogP contribution in [0.5, 0.6) is 0 Å². The molecule has 0 spiro atoms. The molecule has 0 aliphatic carbocycles. The first kappa shape index (κ1) is 70.4. The summed E-state index contributed by atoms with van der Waals surface area (Å²) in [6, 6.07) is 25.4. The molecule has 0 aliphatic heterocycles. The zero-order valence-corrected chi connectivity index (χ0v) is 54.6. The number of amides is 4. The number of H-pyrrole nitrogens is 1. The number of fused-ring (bicyclic) bond motifs is 3. The summed E-state index contributed by atoms with van der Waals surface area (Å²) in [6.07, 6.45) is 23.0. The van der Waals surface area contributed by atoms with Crippen molar-refractivity contribution >= 4 is 57.2 Å². The molecule has 2 atom stereocenters. The molecule has 0 fully saturated rings. The summed E-state index contributed by atoms with van der Waals surface area (Å²) in [4.78, 5) is 113. The molecule has 8 aromatic rings. The number of para-hydroxylation sites is 1. The molecule has 8 rings (SSSR count). The Morgan fingerprint density at radius 1 is 0.500 bits per heavy atom. The molecule has 23 nitrogen and oxygen atoms in total. The predicted octanol–water partition coefficient (Wildman–Crippen LogP) is 9.48. The SMILES string of the molecule is CC(C)CC(NC(=O)OCc1ccccc1)C(=O)NCCCCCCCCCCCn1c(=O)c2c(ncn2C)n(C)c1=O.Cn1cnc2c1c(=O)n(CCCCCCCCCCCNC(=O)C(Cc1c[nH]c3ccccc13)NC(=O)OCc1ccccc1)c(=O)n2C. The number of nitrogens with zero attached hydrogens (tertiary/aromatic N) is 8. The van der Waals surface area contributed by atoms with Crippen LogP contribution in [0.15, 0.2) is 123 Å². The highest BCUT2D eigenvalue weighted by Gasteiger charge is 2.25. The fourth-order valence-electron chi connectivity index (χ4n) is 11.4. The Bertz CT molecular complexity index is 3880. The second kappa shape index (κ2) is 36.7. The molecule has 0 aliphatic rings. The van der Waals surface area contributed by atoms with Crippen molar-refractivity contribution in [1.29, 1.82) is 0 Å². The quantitative estimate of drug-likeness (QED) is 0.0230. The minimum absolute atomic E-state index is 0.125. The van der Waals surface area contributed by atoms with Gasteiger partial charge in [-0.05, 0) is 60.8 Å². The van der Waals surface area contributed by atoms with Crippen LogP contribution in [0.25, 0.3) is 33.2 Å². The van der Waals surface area contributed by atoms with Crippen LogP contribution in [-0.4, -0.2) is 91.5 Å². The Hall–Kier alpha value is -9.02. The van der Waals surface area contributed by atoms with Gasteiger partial charge in [0.2, 0.25) is 11.8 Å². The van der Waals surface area contributed by atoms with E-state index in [0.717, 1.165) is 143 Å². The number of aromatic nitrogens is 9. The Labute approximate surface area is 537 Å². The summed E-state index contributed by atoms with van der Waals surface area (Å²) in [5.41, 5.74) is 4.22. The number of benzene rings is 3. The third-order valence-corrected chi connectivity index (χ3v) is 16.6. The van der Waals surface area contributed by atoms with Crippen molar-refractivity contribution in [2.75, 3.05) is 13.1 Å². The molecule has 92 heavy (non-hydrogen) atoms. The number of carbonyl (C=O) groups excluding carboxylic acids is 4. The van der Waals surface area contributed by atoms with Gasteiger partial charge in [0.1, 0.15) is 25.3 Å². The van der Waals surface area contributed by atoms with Gasteiger partial charge in [0, 0.05) is 77.9 Å². The molecule has 0 saturated heterocycles. The Balaban J connectivity index is 0.000000263. The standard InChI is InChI=1S/C37H47N7O5.C32H48N6O5/c1-42-26-40-33-32(42)35(46)44(37(48)43(33)2)22-16-9-7-5-3-4-6-8-15-21-38-34(45)31(23-28-24-39-30-20-14-13-19-29(28)30)41-36(47)49-25-27-17-11-10-12-18-27;1-24(2)21-26(35-31(41)43-22-25-17-13-12-14-18-25)29(39)33-19-15-10-8-6-5-7-9-11-16-20-38-30(40)27-28(34-23-36(27)3)37(4)32(38)42/h10-14,17-20,24,26,31,39H,3-9,15-16,21-23,25H2,1-2H3,(H,38,45)(H,41,47);12-14,17-18,23-24,26H,5-11,15-16,19-22H2,1-4H3,(H,33,39)(H,35,41). The lowest BCUT2D eigenvalue weighted by molar-refractivity contribution is -0.124. The molecule has 0 bridgehead atoms. The number of hydrogen-bond acceptors (Lipinski definition) is 12. The summed E-state index contributed by atoms with van der Waals surface area (Å²) in [6.45, 7) is 6.26. The fraction of sp³-hybridized carbons (Fsp3) is 0.507. The highest BCUT2D eigenvalue weighted by Crippen LogP contribution is 2.20. The van der Waals surface area contributed by atoms with Crippen molar-refractivity contribution in [2.45, 2.75) is 181 Å². The summed E-state index contributed by atoms with van der Waals surface area (Å²) in [7, 11) is 6.82. The van der Waals surface area contributed by atoms with Gasteiger partial charge in [-0.1, -0.05) is 183 Å². The molecule has 23 heteroatoms. The van der Waals surface area contributed by atoms with Crippen LogP contribution in [-0.2, 0) is 80.0 Å². The zero-order valence-electron chi connectivity index (χ0n) is 54.6. The lowest BCUT2D eigenvalue weighted by Gasteiger charge is -2.20. The van der Waals surface area contributed by atoms with E-state index < -0.39 is 24.3 Å². The van der Waals surface area contributed by atoms with E-state index in [0.29, 0.717) is 61.3 Å². The molecule has 4 amide bonds. The van der Waals surface area contributed by atoms with Gasteiger partial charge in [0.05, 0.1) is 12.7 Å². The fourth-order valence-corrected chi connectivity index (χ4v) is 11.4. The second-order valence-corrected chi connectivity index (χ2v) is 24.3. The van der Waals surface area contributed by atoms with E-state index in [1.165, 1.54) is 18.3 Å². The van der Waals surface area contributed by atoms with Crippen molar-refractivity contribution in [3.05, 3.63) is 162 Å². The van der Waals surface area contributed by atoms with E-state index in [1.54, 1.807) is 50.0 Å². The lowest BCUT2D eigenvalue weighted by atomic mass is 10.0. The van der Waals surface area contributed by atoms with Crippen molar-refractivity contribution in [3.8, 4) is 0 Å². The molecule has 5 heterocycles. The van der Waals surface area contributed by atoms with Crippen LogP contribution >= 0.6 is 0 Å². The van der Waals surface area contributed by atoms with E-state index in [9.17, 15) is 38.4 Å². The van der Waals surface area contributed by atoms with Crippen LogP contribution in [0.4, 0.5) is 9.59 Å². The molecule has 0 saturated carbocycles. The first-order chi connectivity index (χ1) is 44.5. The molecule has 5 N–H and O–H groups in total. The number of hydrogen-bond donors (Lipinski definition) is 5. The van der Waals surface area contributed by atoms with Crippen molar-refractivity contribution < 1.29 is 28.7 Å². The molecule has 3 aromatic carbocycles. The van der Waals surface area contributed by atoms with Gasteiger partial charge in [0.15, 0.2) is 22.3 Å². The minimum atomic E-state index is -0.776. The maximum absolute atomic E-state index is 13.2. The van der Waals surface area contributed by atoms with Gasteiger partial charge < -0.3 is 44.9 Å². The highest BCUT2D eigenvalue weighted by molar-refractivity contribution is 5.88. The smallest absolute Gasteiger partial charge is 0.408 e. The van der Waals surface area contributed by atoms with Crippen LogP contribution in [0.1, 0.15) is 153 Å². The van der Waals surface area contributed by atoms with Gasteiger partial charge in [-0.2, -0.15) is 0 Å². The summed E-state index contributed by atoms with van der Waals surface area (Å²) in [5, 5.41) is 12.5. The van der Waals surface area contributed by atoms with Gasteiger partial charge >= 0.3 is 23.6 Å². The maximum Gasteiger partial charge on any atom is 0.408 e. The lowest BCUT2D eigenvalue weighted by Crippen LogP contribution is -2.48. The van der Waals surface area contributed by atoms with Crippen molar-refractivity contribution in [3.63, 3.8) is 0 Å². The molecule has 0 radical (unpaired) electrons. The third kappa shape index (κ3) is 21.0. The summed E-state index contributed by atoms with van der Waals surface area (Å²) >= 11 is 0. The Morgan fingerprint density at radius 2 is 0.891 bits per heavy atom. The van der Waals surface area contributed by atoms with Crippen LogP contribution in [0.3, 0.4) is 0 Å². The molecule has 5 aromatic heterocycles. The number of imidazole rings is 2. The number of aryl methyl sites for hydroxylation is 4. The predicted molar refractivity (Wildman–Crippen MR) is 358 cm³/mol. The molecular weight excluding hydrogens is 1170 g/mol. The Morgan fingerprint density at radius 3 is 1.34 bits per heavy atom. The molecular formula is C69H95N13O10. The summed E-state index contributed by atoms with van der Waals surface area (Å²) < 4.78 is 19.5. The van der Waals surface area contributed by atoms with E-state index in [2.05, 4.69) is 36.2 Å². The molecule has 2 unspecified atom stereocenters. The van der Waals surface area contributed by atoms with E-state index >= 15 is 0 Å². The number of alkyl carbamates (subject to hydrolysis) is 2. The number of carbonyl (C=O) groups is 4.